The van der Waals surface area contributed by atoms with Crippen LogP contribution in [-0.2, 0) is 14.3 Å². The standard InChI is InChI=1S/C26H20N2O7/c29-21(13-5-7-14(8-6-13)28(33)34)12-35-26(32)17-3-1-2-4-20(17)27-24(30)22-15-9-10-16(19-11-18(15)19)23(22)25(27)31/h1-10,15-16,18-19,22-23H,11-12H2/t15-,16-,18-,19+,22-,23+/m0/s1. The Morgan fingerprint density at radius 3 is 2.14 bits per heavy atom. The minimum absolute atomic E-state index is 0.0230. The number of hydrogen-bond donors (Lipinski definition) is 0. The quantitative estimate of drug-likeness (QED) is 0.158. The fraction of sp³-hybridized carbons (Fsp3) is 0.308. The number of benzene rings is 2. The molecule has 2 aromatic carbocycles. The number of ketones is 1. The van der Waals surface area contributed by atoms with Gasteiger partial charge in [0.25, 0.3) is 5.69 Å². The summed E-state index contributed by atoms with van der Waals surface area (Å²) in [5, 5.41) is 10.8. The Hall–Kier alpha value is -4.14. The fourth-order valence-corrected chi connectivity index (χ4v) is 6.10. The van der Waals surface area contributed by atoms with Crippen molar-refractivity contribution in [3.8, 4) is 0 Å². The van der Waals surface area contributed by atoms with Gasteiger partial charge in [0.15, 0.2) is 12.4 Å². The molecule has 0 N–H and O–H groups in total. The predicted octanol–water partition coefficient (Wildman–Crippen LogP) is 3.19. The van der Waals surface area contributed by atoms with Gasteiger partial charge in [-0.2, -0.15) is 0 Å². The van der Waals surface area contributed by atoms with Crippen LogP contribution in [0.2, 0.25) is 0 Å². The van der Waals surface area contributed by atoms with Crippen LogP contribution in [0.25, 0.3) is 0 Å². The van der Waals surface area contributed by atoms with Gasteiger partial charge in [0.2, 0.25) is 11.8 Å². The zero-order valence-corrected chi connectivity index (χ0v) is 18.4. The average Bonchev–Trinajstić information content (AvgIpc) is 3.65. The lowest BCUT2D eigenvalue weighted by atomic mass is 9.63. The van der Waals surface area contributed by atoms with Crippen LogP contribution in [0.4, 0.5) is 11.4 Å². The summed E-state index contributed by atoms with van der Waals surface area (Å²) in [4.78, 5) is 63.5. The molecule has 9 heteroatoms. The molecule has 35 heavy (non-hydrogen) atoms. The number of nitrogens with zero attached hydrogens (tertiary/aromatic N) is 2. The Kier molecular flexibility index (Phi) is 4.70. The number of amides is 2. The number of hydrogen-bond acceptors (Lipinski definition) is 7. The predicted molar refractivity (Wildman–Crippen MR) is 121 cm³/mol. The molecule has 1 saturated heterocycles. The average molecular weight is 472 g/mol. The highest BCUT2D eigenvalue weighted by Gasteiger charge is 2.67. The topological polar surface area (TPSA) is 124 Å². The number of anilines is 1. The first-order valence-corrected chi connectivity index (χ1v) is 11.5. The van der Waals surface area contributed by atoms with Crippen molar-refractivity contribution < 1.29 is 28.8 Å². The molecule has 176 valence electrons. The molecule has 0 aromatic heterocycles. The van der Waals surface area contributed by atoms with E-state index in [1.54, 1.807) is 12.1 Å². The van der Waals surface area contributed by atoms with E-state index in [4.69, 9.17) is 4.74 Å². The maximum Gasteiger partial charge on any atom is 0.340 e. The van der Waals surface area contributed by atoms with E-state index in [2.05, 4.69) is 12.2 Å². The third-order valence-electron chi connectivity index (χ3n) is 7.76. The number of imide groups is 1. The summed E-state index contributed by atoms with van der Waals surface area (Å²) >= 11 is 0. The van der Waals surface area contributed by atoms with E-state index in [1.807, 2.05) is 0 Å². The monoisotopic (exact) mass is 472 g/mol. The Labute approximate surface area is 199 Å². The van der Waals surface area contributed by atoms with Gasteiger partial charge in [0.1, 0.15) is 0 Å². The Morgan fingerprint density at radius 2 is 1.54 bits per heavy atom. The molecule has 0 spiro atoms. The van der Waals surface area contributed by atoms with Gasteiger partial charge < -0.3 is 4.74 Å². The van der Waals surface area contributed by atoms with Gasteiger partial charge in [0.05, 0.1) is 28.0 Å². The largest absolute Gasteiger partial charge is 0.454 e. The number of carbonyl (C=O) groups excluding carboxylic acids is 4. The fourth-order valence-electron chi connectivity index (χ4n) is 6.10. The van der Waals surface area contributed by atoms with E-state index in [-0.39, 0.29) is 46.2 Å². The minimum Gasteiger partial charge on any atom is -0.454 e. The van der Waals surface area contributed by atoms with Crippen LogP contribution in [0.5, 0.6) is 0 Å². The van der Waals surface area contributed by atoms with Crippen molar-refractivity contribution in [2.24, 2.45) is 35.5 Å². The van der Waals surface area contributed by atoms with E-state index in [0.717, 1.165) is 11.3 Å². The van der Waals surface area contributed by atoms with Gasteiger partial charge in [-0.1, -0.05) is 24.3 Å². The van der Waals surface area contributed by atoms with Crippen LogP contribution in [0.3, 0.4) is 0 Å². The summed E-state index contributed by atoms with van der Waals surface area (Å²) in [5.74, 6) is -1.67. The second-order valence-corrected chi connectivity index (χ2v) is 9.49. The number of ether oxygens (including phenoxy) is 1. The molecule has 0 radical (unpaired) electrons. The third-order valence-corrected chi connectivity index (χ3v) is 7.76. The van der Waals surface area contributed by atoms with E-state index < -0.39 is 35.1 Å². The molecule has 0 unspecified atom stereocenters. The first-order valence-electron chi connectivity index (χ1n) is 11.5. The minimum atomic E-state index is -0.838. The van der Waals surface area contributed by atoms with E-state index >= 15 is 0 Å². The molecule has 2 aromatic rings. The van der Waals surface area contributed by atoms with Crippen molar-refractivity contribution >= 4 is 34.9 Å². The van der Waals surface area contributed by atoms with Crippen molar-refractivity contribution in [1.82, 2.24) is 0 Å². The van der Waals surface area contributed by atoms with E-state index in [9.17, 15) is 29.3 Å². The Balaban J connectivity index is 1.21. The van der Waals surface area contributed by atoms with Gasteiger partial charge in [-0.25, -0.2) is 9.69 Å². The van der Waals surface area contributed by atoms with Crippen LogP contribution in [0.1, 0.15) is 27.1 Å². The maximum atomic E-state index is 13.4. The van der Waals surface area contributed by atoms with Gasteiger partial charge in [-0.05, 0) is 54.4 Å². The number of nitro benzene ring substituents is 1. The molecule has 7 rings (SSSR count). The summed E-state index contributed by atoms with van der Waals surface area (Å²) in [7, 11) is 0. The van der Waals surface area contributed by atoms with Crippen molar-refractivity contribution in [2.75, 3.05) is 11.5 Å². The molecule has 5 aliphatic rings. The Bertz CT molecular complexity index is 1300. The zero-order valence-electron chi connectivity index (χ0n) is 18.4. The van der Waals surface area contributed by atoms with E-state index in [0.29, 0.717) is 11.8 Å². The lowest BCUT2D eigenvalue weighted by Gasteiger charge is -2.37. The number of nitro groups is 1. The van der Waals surface area contributed by atoms with Crippen molar-refractivity contribution in [1.29, 1.82) is 0 Å². The molecular formula is C26H20N2O7. The molecule has 3 fully saturated rings. The molecule has 2 saturated carbocycles. The lowest BCUT2D eigenvalue weighted by Crippen LogP contribution is -2.40. The maximum absolute atomic E-state index is 13.4. The summed E-state index contributed by atoms with van der Waals surface area (Å²) in [5.41, 5.74) is 0.189. The number of rotatable bonds is 6. The highest BCUT2D eigenvalue weighted by Crippen LogP contribution is 2.65. The van der Waals surface area contributed by atoms with Crippen molar-refractivity contribution in [3.63, 3.8) is 0 Å². The molecule has 1 heterocycles. The van der Waals surface area contributed by atoms with Crippen LogP contribution in [0.15, 0.2) is 60.7 Å². The summed E-state index contributed by atoms with van der Waals surface area (Å²) < 4.78 is 5.21. The molecule has 2 bridgehead atoms. The third kappa shape index (κ3) is 3.22. The van der Waals surface area contributed by atoms with E-state index in [1.165, 1.54) is 36.4 Å². The first kappa shape index (κ1) is 21.4. The number of carbonyl (C=O) groups is 4. The van der Waals surface area contributed by atoms with Gasteiger partial charge in [-0.3, -0.25) is 24.5 Å². The van der Waals surface area contributed by atoms with Crippen LogP contribution in [0, 0.1) is 45.6 Å². The summed E-state index contributed by atoms with van der Waals surface area (Å²) in [6.45, 7) is -0.588. The number of allylic oxidation sites excluding steroid dienone is 2. The van der Waals surface area contributed by atoms with Gasteiger partial charge in [0, 0.05) is 17.7 Å². The number of Topliss-reactive ketones (excluding diaryl/α,β-unsaturated/α-hetero) is 1. The van der Waals surface area contributed by atoms with Crippen LogP contribution in [-0.4, -0.2) is 35.1 Å². The molecule has 2 amide bonds. The summed E-state index contributed by atoms with van der Waals surface area (Å²) in [6.07, 6.45) is 5.22. The molecule has 9 nitrogen and oxygen atoms in total. The first-order chi connectivity index (χ1) is 16.9. The Morgan fingerprint density at radius 1 is 0.943 bits per heavy atom. The van der Waals surface area contributed by atoms with Crippen LogP contribution < -0.4 is 4.90 Å². The molecular weight excluding hydrogens is 452 g/mol. The highest BCUT2D eigenvalue weighted by atomic mass is 16.6. The van der Waals surface area contributed by atoms with Crippen molar-refractivity contribution in [3.05, 3.63) is 81.9 Å². The second kappa shape index (κ2) is 7.69. The molecule has 6 atom stereocenters. The zero-order chi connectivity index (χ0) is 24.4. The smallest absolute Gasteiger partial charge is 0.340 e. The molecule has 1 aliphatic heterocycles. The lowest BCUT2D eigenvalue weighted by molar-refractivity contribution is -0.384. The molecule has 4 aliphatic carbocycles. The number of non-ortho nitro benzene ring substituents is 1. The summed E-state index contributed by atoms with van der Waals surface area (Å²) in [6, 6.07) is 11.2. The van der Waals surface area contributed by atoms with Crippen molar-refractivity contribution in [2.45, 2.75) is 6.42 Å². The second-order valence-electron chi connectivity index (χ2n) is 9.49. The SMILES string of the molecule is O=C(COC(=O)c1ccccc1N1C(=O)[C@@H]2[C@H]3C=C[C@@H]([C@@H]4C[C@H]34)[C@@H]2C1=O)c1ccc([N+](=O)[O-])cc1. The van der Waals surface area contributed by atoms with Gasteiger partial charge >= 0.3 is 5.97 Å². The van der Waals surface area contributed by atoms with Crippen LogP contribution >= 0.6 is 0 Å². The normalized spacial score (nSPS) is 29.5. The number of para-hydroxylation sites is 1. The van der Waals surface area contributed by atoms with Gasteiger partial charge in [-0.15, -0.1) is 0 Å². The number of esters is 1. The highest BCUT2D eigenvalue weighted by molar-refractivity contribution is 6.24.